The normalized spacial score (nSPS) is 19.0. The van der Waals surface area contributed by atoms with Crippen LogP contribution in [-0.4, -0.2) is 88.9 Å². The van der Waals surface area contributed by atoms with Gasteiger partial charge < -0.3 is 28.9 Å². The van der Waals surface area contributed by atoms with Crippen molar-refractivity contribution >= 4 is 12.2 Å². The fourth-order valence-corrected chi connectivity index (χ4v) is 5.60. The number of benzene rings is 1. The van der Waals surface area contributed by atoms with Crippen LogP contribution in [0.15, 0.2) is 30.5 Å². The number of pyridine rings is 1. The number of carbonyl (C=O) groups excluding carboxylic acids is 2. The van der Waals surface area contributed by atoms with Crippen molar-refractivity contribution in [1.82, 2.24) is 19.7 Å². The van der Waals surface area contributed by atoms with E-state index < -0.39 is 34.9 Å². The molecular formula is C34H47F3N4O5. The van der Waals surface area contributed by atoms with Crippen LogP contribution in [0.4, 0.5) is 22.8 Å². The van der Waals surface area contributed by atoms with Crippen LogP contribution in [0.3, 0.4) is 0 Å². The molecule has 1 saturated carbocycles. The van der Waals surface area contributed by atoms with Crippen LogP contribution < -0.4 is 4.74 Å². The number of piperidine rings is 1. The molecule has 1 aliphatic carbocycles. The monoisotopic (exact) mass is 648 g/mol. The lowest BCUT2D eigenvalue weighted by Crippen LogP contribution is -2.45. The number of amides is 2. The Balaban J connectivity index is 1.41. The Labute approximate surface area is 270 Å². The van der Waals surface area contributed by atoms with E-state index in [1.54, 1.807) is 43.7 Å². The highest BCUT2D eigenvalue weighted by molar-refractivity contribution is 5.70. The minimum Gasteiger partial charge on any atom is -0.485 e. The molecule has 2 aliphatic rings. The molecule has 2 amide bonds. The summed E-state index contributed by atoms with van der Waals surface area (Å²) in [6, 6.07) is 4.65. The zero-order valence-corrected chi connectivity index (χ0v) is 27.9. The number of likely N-dealkylation sites (N-methyl/N-ethyl adjacent to an activating group) is 1. The van der Waals surface area contributed by atoms with Crippen LogP contribution >= 0.6 is 0 Å². The molecule has 0 unspecified atom stereocenters. The van der Waals surface area contributed by atoms with Crippen LogP contribution in [-0.2, 0) is 16.1 Å². The molecule has 46 heavy (non-hydrogen) atoms. The van der Waals surface area contributed by atoms with Gasteiger partial charge in [-0.3, -0.25) is 0 Å². The lowest BCUT2D eigenvalue weighted by Gasteiger charge is -2.36. The van der Waals surface area contributed by atoms with E-state index in [9.17, 15) is 18.4 Å². The maximum absolute atomic E-state index is 15.0. The van der Waals surface area contributed by atoms with Crippen molar-refractivity contribution < 1.29 is 37.0 Å². The summed E-state index contributed by atoms with van der Waals surface area (Å²) in [5.74, 6) is -2.72. The molecule has 2 fully saturated rings. The number of likely N-dealkylation sites (tertiary alicyclic amines) is 1. The molecule has 2 atom stereocenters. The van der Waals surface area contributed by atoms with Crippen LogP contribution in [0.25, 0.3) is 0 Å². The van der Waals surface area contributed by atoms with E-state index in [1.165, 1.54) is 18.3 Å². The number of ether oxygens (including phenoxy) is 3. The number of hydrogen-bond acceptors (Lipinski definition) is 7. The quantitative estimate of drug-likeness (QED) is 0.264. The van der Waals surface area contributed by atoms with Gasteiger partial charge in [0.1, 0.15) is 23.6 Å². The van der Waals surface area contributed by atoms with Gasteiger partial charge in [-0.25, -0.2) is 23.4 Å². The van der Waals surface area contributed by atoms with Gasteiger partial charge in [0.2, 0.25) is 5.95 Å². The molecule has 1 aliphatic heterocycles. The van der Waals surface area contributed by atoms with Crippen molar-refractivity contribution in [1.29, 1.82) is 0 Å². The van der Waals surface area contributed by atoms with Gasteiger partial charge in [0.25, 0.3) is 0 Å². The average molecular weight is 649 g/mol. The third-order valence-corrected chi connectivity index (χ3v) is 8.05. The van der Waals surface area contributed by atoms with Crippen LogP contribution in [0, 0.1) is 23.5 Å². The minimum atomic E-state index is -0.890. The highest BCUT2D eigenvalue weighted by Crippen LogP contribution is 2.49. The number of carbonyl (C=O) groups is 2. The molecule has 0 N–H and O–H groups in total. The summed E-state index contributed by atoms with van der Waals surface area (Å²) >= 11 is 0. The first-order valence-corrected chi connectivity index (χ1v) is 15.9. The molecule has 4 rings (SSSR count). The van der Waals surface area contributed by atoms with Gasteiger partial charge in [-0.1, -0.05) is 0 Å². The first-order valence-electron chi connectivity index (χ1n) is 15.9. The predicted octanol–water partition coefficient (Wildman–Crippen LogP) is 6.75. The van der Waals surface area contributed by atoms with E-state index in [2.05, 4.69) is 9.88 Å². The maximum atomic E-state index is 15.0. The van der Waals surface area contributed by atoms with Crippen molar-refractivity contribution in [3.8, 4) is 5.75 Å². The zero-order chi connectivity index (χ0) is 33.8. The van der Waals surface area contributed by atoms with Gasteiger partial charge >= 0.3 is 12.2 Å². The summed E-state index contributed by atoms with van der Waals surface area (Å²) < 4.78 is 60.5. The lowest BCUT2D eigenvalue weighted by atomic mass is 9.96. The van der Waals surface area contributed by atoms with Crippen molar-refractivity contribution in [2.75, 3.05) is 39.8 Å². The highest BCUT2D eigenvalue weighted by Gasteiger charge is 2.48. The van der Waals surface area contributed by atoms with Gasteiger partial charge in [0.05, 0.1) is 0 Å². The molecule has 9 nitrogen and oxygen atoms in total. The Morgan fingerprint density at radius 3 is 2.28 bits per heavy atom. The van der Waals surface area contributed by atoms with Gasteiger partial charge in [-0.05, 0) is 98.0 Å². The van der Waals surface area contributed by atoms with Gasteiger partial charge in [0.15, 0.2) is 11.6 Å². The zero-order valence-electron chi connectivity index (χ0n) is 27.9. The molecule has 1 aromatic carbocycles. The third kappa shape index (κ3) is 9.98. The van der Waals surface area contributed by atoms with Gasteiger partial charge in [-0.15, -0.1) is 0 Å². The van der Waals surface area contributed by atoms with E-state index in [0.29, 0.717) is 31.6 Å². The molecular weight excluding hydrogens is 601 g/mol. The SMILES string of the molecule is CN(CCN1CCC(CN(C(=O)OC(C)(C)C)[C@@H]2C[C@H]2c2cc(F)cc(F)c2OCc2cccnc2F)CC1)C(=O)OC(C)(C)C. The molecule has 2 heterocycles. The Morgan fingerprint density at radius 2 is 1.65 bits per heavy atom. The van der Waals surface area contributed by atoms with Gasteiger partial charge in [0, 0.05) is 62.0 Å². The highest BCUT2D eigenvalue weighted by atomic mass is 19.1. The molecule has 2 aromatic rings. The molecule has 12 heteroatoms. The number of hydrogen-bond donors (Lipinski definition) is 0. The van der Waals surface area contributed by atoms with Crippen LogP contribution in [0.5, 0.6) is 5.75 Å². The topological polar surface area (TPSA) is 84.4 Å². The van der Waals surface area contributed by atoms with Crippen molar-refractivity contribution in [2.24, 2.45) is 5.92 Å². The summed E-state index contributed by atoms with van der Waals surface area (Å²) in [7, 11) is 1.73. The predicted molar refractivity (Wildman–Crippen MR) is 167 cm³/mol. The summed E-state index contributed by atoms with van der Waals surface area (Å²) in [5, 5.41) is 0. The molecule has 254 valence electrons. The maximum Gasteiger partial charge on any atom is 0.410 e. The van der Waals surface area contributed by atoms with Crippen molar-refractivity contribution in [3.63, 3.8) is 0 Å². The van der Waals surface area contributed by atoms with Crippen LogP contribution in [0.2, 0.25) is 0 Å². The fourth-order valence-electron chi connectivity index (χ4n) is 5.60. The standard InChI is InChI=1S/C34H47F3N4O5/c1-33(2,3)45-31(42)39(7)15-16-40-13-10-22(11-14-40)20-41(32(43)46-34(4,5)6)28-19-25(28)26-17-24(35)18-27(36)29(26)44-21-23-9-8-12-38-30(23)37/h8-9,12,17-18,22,25,28H,10-11,13-16,19-21H2,1-7H3/t25-,28+/m0/s1. The second kappa shape index (κ2) is 14.5. The molecule has 0 bridgehead atoms. The number of aromatic nitrogens is 1. The molecule has 1 aromatic heterocycles. The summed E-state index contributed by atoms with van der Waals surface area (Å²) in [4.78, 5) is 34.9. The van der Waals surface area contributed by atoms with E-state index in [-0.39, 0.29) is 41.9 Å². The number of halogens is 3. The minimum absolute atomic E-state index is 0.141. The lowest BCUT2D eigenvalue weighted by molar-refractivity contribution is 0.0168. The molecule has 0 spiro atoms. The summed E-state index contributed by atoms with van der Waals surface area (Å²) in [6.45, 7) is 13.9. The second-order valence-corrected chi connectivity index (χ2v) is 14.3. The Hall–Kier alpha value is -3.54. The van der Waals surface area contributed by atoms with Crippen molar-refractivity contribution in [2.45, 2.75) is 90.6 Å². The van der Waals surface area contributed by atoms with E-state index in [1.807, 2.05) is 20.8 Å². The second-order valence-electron chi connectivity index (χ2n) is 14.3. The molecule has 0 radical (unpaired) electrons. The summed E-state index contributed by atoms with van der Waals surface area (Å²) in [5.41, 5.74) is -0.843. The Kier molecular flexibility index (Phi) is 11.1. The Morgan fingerprint density at radius 1 is 1.00 bits per heavy atom. The largest absolute Gasteiger partial charge is 0.485 e. The average Bonchev–Trinajstić information content (AvgIpc) is 3.74. The smallest absolute Gasteiger partial charge is 0.410 e. The first kappa shape index (κ1) is 35.3. The van der Waals surface area contributed by atoms with E-state index in [4.69, 9.17) is 14.2 Å². The van der Waals surface area contributed by atoms with E-state index >= 15 is 4.39 Å². The van der Waals surface area contributed by atoms with Crippen LogP contribution in [0.1, 0.15) is 77.8 Å². The Bertz CT molecular complexity index is 1370. The summed E-state index contributed by atoms with van der Waals surface area (Å²) in [6.07, 6.45) is 2.63. The first-order chi connectivity index (χ1) is 21.5. The number of nitrogens with zero attached hydrogens (tertiary/aromatic N) is 4. The number of rotatable bonds is 10. The third-order valence-electron chi connectivity index (χ3n) is 8.05. The van der Waals surface area contributed by atoms with E-state index in [0.717, 1.165) is 32.0 Å². The fraction of sp³-hybridized carbons (Fsp3) is 0.618. The van der Waals surface area contributed by atoms with Gasteiger partial charge in [-0.2, -0.15) is 4.39 Å². The van der Waals surface area contributed by atoms with Crippen molar-refractivity contribution in [3.05, 3.63) is 59.2 Å². The molecule has 1 saturated heterocycles.